The van der Waals surface area contributed by atoms with Crippen molar-refractivity contribution in [1.82, 2.24) is 9.97 Å². The van der Waals surface area contributed by atoms with Crippen molar-refractivity contribution in [2.24, 2.45) is 0 Å². The molecule has 1 heterocycles. The highest BCUT2D eigenvalue weighted by Crippen LogP contribution is 2.35. The van der Waals surface area contributed by atoms with Gasteiger partial charge in [-0.1, -0.05) is 76.9 Å². The number of benzene rings is 3. The van der Waals surface area contributed by atoms with Crippen molar-refractivity contribution >= 4 is 58.3 Å². The van der Waals surface area contributed by atoms with Gasteiger partial charge in [0.25, 0.3) is 0 Å². The molecular formula is C23H15Cl3N2S2. The molecule has 0 spiro atoms. The van der Waals surface area contributed by atoms with Crippen molar-refractivity contribution in [3.05, 3.63) is 99.6 Å². The van der Waals surface area contributed by atoms with Gasteiger partial charge in [0.05, 0.1) is 10.7 Å². The normalized spacial score (nSPS) is 10.9. The summed E-state index contributed by atoms with van der Waals surface area (Å²) in [5.41, 5.74) is 1.91. The first kappa shape index (κ1) is 21.5. The molecule has 0 amide bonds. The SMILES string of the molecule is Clc1ccc(SCc2cc(Sc3ccc(Cl)cc3Cl)nc(-c3ccccc3)n2)cc1. The van der Waals surface area contributed by atoms with E-state index in [1.54, 1.807) is 17.8 Å². The lowest BCUT2D eigenvalue weighted by Gasteiger charge is -2.09. The van der Waals surface area contributed by atoms with Crippen LogP contribution in [0.3, 0.4) is 0 Å². The number of hydrogen-bond donors (Lipinski definition) is 0. The van der Waals surface area contributed by atoms with Crippen LogP contribution in [-0.4, -0.2) is 9.97 Å². The number of rotatable bonds is 6. The van der Waals surface area contributed by atoms with Crippen molar-refractivity contribution in [2.75, 3.05) is 0 Å². The molecule has 0 aliphatic rings. The number of hydrogen-bond acceptors (Lipinski definition) is 4. The van der Waals surface area contributed by atoms with Gasteiger partial charge < -0.3 is 0 Å². The number of halogens is 3. The zero-order valence-electron chi connectivity index (χ0n) is 15.6. The summed E-state index contributed by atoms with van der Waals surface area (Å²) in [7, 11) is 0. The topological polar surface area (TPSA) is 25.8 Å². The van der Waals surface area contributed by atoms with E-state index in [9.17, 15) is 0 Å². The second-order valence-electron chi connectivity index (χ2n) is 6.31. The van der Waals surface area contributed by atoms with Gasteiger partial charge in [0.2, 0.25) is 0 Å². The van der Waals surface area contributed by atoms with Gasteiger partial charge in [0.15, 0.2) is 5.82 Å². The maximum atomic E-state index is 6.37. The Morgan fingerprint density at radius 3 is 2.20 bits per heavy atom. The lowest BCUT2D eigenvalue weighted by Crippen LogP contribution is -1.97. The van der Waals surface area contributed by atoms with E-state index in [1.807, 2.05) is 72.8 Å². The van der Waals surface area contributed by atoms with Gasteiger partial charge >= 0.3 is 0 Å². The molecule has 0 saturated carbocycles. The third-order valence-corrected chi connectivity index (χ3v) is 7.05. The lowest BCUT2D eigenvalue weighted by molar-refractivity contribution is 1.01. The van der Waals surface area contributed by atoms with Crippen LogP contribution >= 0.6 is 58.3 Å². The zero-order valence-corrected chi connectivity index (χ0v) is 19.5. The van der Waals surface area contributed by atoms with Crippen molar-refractivity contribution in [3.63, 3.8) is 0 Å². The molecule has 1 aromatic heterocycles. The molecule has 4 aromatic rings. The van der Waals surface area contributed by atoms with Crippen LogP contribution in [0.1, 0.15) is 5.69 Å². The third-order valence-electron chi connectivity index (χ3n) is 4.10. The number of aromatic nitrogens is 2. The second-order valence-corrected chi connectivity index (χ2v) is 9.70. The first-order valence-corrected chi connectivity index (χ1v) is 11.9. The highest BCUT2D eigenvalue weighted by molar-refractivity contribution is 7.99. The van der Waals surface area contributed by atoms with E-state index in [-0.39, 0.29) is 0 Å². The molecule has 0 fully saturated rings. The van der Waals surface area contributed by atoms with Crippen LogP contribution in [0.15, 0.2) is 93.7 Å². The predicted molar refractivity (Wildman–Crippen MR) is 129 cm³/mol. The molecule has 3 aromatic carbocycles. The Balaban J connectivity index is 1.64. The van der Waals surface area contributed by atoms with Crippen LogP contribution in [0, 0.1) is 0 Å². The molecule has 150 valence electrons. The highest BCUT2D eigenvalue weighted by Gasteiger charge is 2.11. The Kier molecular flexibility index (Phi) is 7.24. The van der Waals surface area contributed by atoms with Crippen molar-refractivity contribution in [1.29, 1.82) is 0 Å². The van der Waals surface area contributed by atoms with Crippen molar-refractivity contribution in [2.45, 2.75) is 20.6 Å². The number of thioether (sulfide) groups is 1. The number of nitrogens with zero attached hydrogens (tertiary/aromatic N) is 2. The Morgan fingerprint density at radius 1 is 0.733 bits per heavy atom. The maximum Gasteiger partial charge on any atom is 0.160 e. The molecule has 0 radical (unpaired) electrons. The van der Waals surface area contributed by atoms with E-state index in [4.69, 9.17) is 44.8 Å². The van der Waals surface area contributed by atoms with Gasteiger partial charge in [-0.3, -0.25) is 0 Å². The molecule has 30 heavy (non-hydrogen) atoms. The third kappa shape index (κ3) is 5.71. The minimum atomic E-state index is 0.601. The summed E-state index contributed by atoms with van der Waals surface area (Å²) < 4.78 is 0. The minimum Gasteiger partial charge on any atom is -0.232 e. The molecule has 0 atom stereocenters. The van der Waals surface area contributed by atoms with Gasteiger partial charge in [0.1, 0.15) is 5.03 Å². The van der Waals surface area contributed by atoms with Crippen molar-refractivity contribution < 1.29 is 0 Å². The van der Waals surface area contributed by atoms with Gasteiger partial charge in [-0.25, -0.2) is 9.97 Å². The summed E-state index contributed by atoms with van der Waals surface area (Å²) in [6.07, 6.45) is 0. The van der Waals surface area contributed by atoms with Crippen LogP contribution in [-0.2, 0) is 5.75 Å². The Labute approximate surface area is 199 Å². The smallest absolute Gasteiger partial charge is 0.160 e. The summed E-state index contributed by atoms with van der Waals surface area (Å²) in [5.74, 6) is 1.41. The Bertz CT molecular complexity index is 1150. The van der Waals surface area contributed by atoms with Crippen LogP contribution in [0.5, 0.6) is 0 Å². The highest BCUT2D eigenvalue weighted by atomic mass is 35.5. The van der Waals surface area contributed by atoms with Gasteiger partial charge in [-0.2, -0.15) is 0 Å². The predicted octanol–water partition coefficient (Wildman–Crippen LogP) is 8.55. The van der Waals surface area contributed by atoms with Gasteiger partial charge in [-0.05, 0) is 48.5 Å². The summed E-state index contributed by atoms with van der Waals surface area (Å²) in [4.78, 5) is 11.6. The van der Waals surface area contributed by atoms with Crippen molar-refractivity contribution in [3.8, 4) is 11.4 Å². The van der Waals surface area contributed by atoms with Crippen LogP contribution in [0.25, 0.3) is 11.4 Å². The van der Waals surface area contributed by atoms with E-state index in [1.165, 1.54) is 11.8 Å². The quantitative estimate of drug-likeness (QED) is 0.200. The average Bonchev–Trinajstić information content (AvgIpc) is 2.76. The van der Waals surface area contributed by atoms with Crippen LogP contribution < -0.4 is 0 Å². The van der Waals surface area contributed by atoms with E-state index in [0.717, 1.165) is 31.1 Å². The fraction of sp³-hybridized carbons (Fsp3) is 0.0435. The Morgan fingerprint density at radius 2 is 1.47 bits per heavy atom. The molecule has 7 heteroatoms. The molecule has 0 bridgehead atoms. The van der Waals surface area contributed by atoms with Gasteiger partial charge in [0, 0.05) is 31.2 Å². The first-order chi connectivity index (χ1) is 14.6. The molecule has 0 aliphatic heterocycles. The van der Waals surface area contributed by atoms with E-state index in [2.05, 4.69) is 0 Å². The first-order valence-electron chi connectivity index (χ1n) is 9.01. The van der Waals surface area contributed by atoms with Gasteiger partial charge in [-0.15, -0.1) is 11.8 Å². The summed E-state index contributed by atoms with van der Waals surface area (Å²) >= 11 is 21.6. The summed E-state index contributed by atoms with van der Waals surface area (Å²) in [6.45, 7) is 0. The Hall–Kier alpha value is -1.69. The molecule has 4 rings (SSSR count). The standard InChI is InChI=1S/C23H15Cl3N2S2/c24-16-6-9-19(10-7-16)29-14-18-13-22(30-21-11-8-17(25)12-20(21)26)28-23(27-18)15-4-2-1-3-5-15/h1-13H,14H2. The maximum absolute atomic E-state index is 6.37. The molecule has 0 aliphatic carbocycles. The largest absolute Gasteiger partial charge is 0.232 e. The molecule has 0 saturated heterocycles. The molecule has 2 nitrogen and oxygen atoms in total. The molecular weight excluding hydrogens is 475 g/mol. The van der Waals surface area contributed by atoms with Crippen LogP contribution in [0.2, 0.25) is 15.1 Å². The van der Waals surface area contributed by atoms with E-state index in [0.29, 0.717) is 21.6 Å². The van der Waals surface area contributed by atoms with E-state index < -0.39 is 0 Å². The summed E-state index contributed by atoms with van der Waals surface area (Å²) in [5, 5.41) is 2.77. The lowest BCUT2D eigenvalue weighted by atomic mass is 10.2. The molecule has 0 unspecified atom stereocenters. The summed E-state index contributed by atoms with van der Waals surface area (Å²) in [6, 6.07) is 25.2. The monoisotopic (exact) mass is 488 g/mol. The molecule has 0 N–H and O–H groups in total. The fourth-order valence-corrected chi connectivity index (χ4v) is 4.96. The average molecular weight is 490 g/mol. The van der Waals surface area contributed by atoms with Crippen LogP contribution in [0.4, 0.5) is 0 Å². The van der Waals surface area contributed by atoms with E-state index >= 15 is 0 Å². The second kappa shape index (κ2) is 10.1. The fourth-order valence-electron chi connectivity index (χ4n) is 2.67. The zero-order chi connectivity index (χ0) is 20.9. The minimum absolute atomic E-state index is 0.601.